The maximum atomic E-state index is 2.40. The van der Waals surface area contributed by atoms with Crippen LogP contribution in [0.3, 0.4) is 0 Å². The second kappa shape index (κ2) is 9.09. The van der Waals surface area contributed by atoms with Gasteiger partial charge in [0.05, 0.1) is 0 Å². The Morgan fingerprint density at radius 2 is 1.62 bits per heavy atom. The number of unbranched alkanes of at least 4 members (excludes halogenated alkanes) is 2. The molecule has 0 aromatic rings. The van der Waals surface area contributed by atoms with E-state index in [0.717, 1.165) is 11.8 Å². The van der Waals surface area contributed by atoms with Crippen LogP contribution in [0.4, 0.5) is 0 Å². The van der Waals surface area contributed by atoms with Gasteiger partial charge in [-0.1, -0.05) is 46.5 Å². The average molecular weight is 416 g/mol. The molecule has 0 aliphatic carbocycles. The molecule has 0 saturated carbocycles. The van der Waals surface area contributed by atoms with Gasteiger partial charge in [-0.2, -0.15) is 13.3 Å². The van der Waals surface area contributed by atoms with Crippen LogP contribution >= 0.6 is 0 Å². The van der Waals surface area contributed by atoms with Crippen molar-refractivity contribution in [3.05, 3.63) is 6.42 Å². The van der Waals surface area contributed by atoms with Crippen LogP contribution in [0.1, 0.15) is 59.8 Å². The Hall–Kier alpha value is -1.00. The smallest absolute Gasteiger partial charge is 0 e. The standard InChI is InChI=1S/C12H25.Cm/c1-5-7-9-11(3)12(4)10-8-6-2;/h5,11-12H,6-10H2,1-4H3;/q-1;. The normalized spacial score (nSPS) is 14.8. The summed E-state index contributed by atoms with van der Waals surface area (Å²) in [4.78, 5) is 0. The minimum Gasteiger partial charge on any atom is -0.331 e. The van der Waals surface area contributed by atoms with Gasteiger partial charge in [-0.25, -0.2) is 0 Å². The van der Waals surface area contributed by atoms with E-state index in [-0.39, 0.29) is 0 Å². The van der Waals surface area contributed by atoms with E-state index in [1.165, 1.54) is 32.1 Å². The average Bonchev–Trinajstić information content (AvgIpc) is 2.10. The van der Waals surface area contributed by atoms with E-state index >= 15 is 0 Å². The molecule has 0 heterocycles. The molecule has 0 aliphatic heterocycles. The molecule has 2 unspecified atom stereocenters. The summed E-state index contributed by atoms with van der Waals surface area (Å²) in [6.07, 6.45) is 9.11. The Bertz CT molecular complexity index is 79.1. The molecule has 0 nitrogen and oxygen atoms in total. The maximum absolute atomic E-state index is 2.40. The molecule has 0 aliphatic rings. The molecule has 82 valence electrons. The van der Waals surface area contributed by atoms with Crippen molar-refractivity contribution in [2.75, 3.05) is 0 Å². The van der Waals surface area contributed by atoms with Gasteiger partial charge in [-0.3, -0.25) is 0 Å². The summed E-state index contributed by atoms with van der Waals surface area (Å²) in [6, 6.07) is 0. The predicted octanol–water partition coefficient (Wildman–Crippen LogP) is 4.45. The van der Waals surface area contributed by atoms with Gasteiger partial charge in [0.25, 0.3) is 0 Å². The summed E-state index contributed by atoms with van der Waals surface area (Å²) >= 11 is 0. The van der Waals surface area contributed by atoms with Crippen LogP contribution in [0, 0.1) is 18.3 Å². The summed E-state index contributed by atoms with van der Waals surface area (Å²) in [5.41, 5.74) is 0. The van der Waals surface area contributed by atoms with E-state index in [2.05, 4.69) is 34.1 Å². The molecule has 0 saturated heterocycles. The van der Waals surface area contributed by atoms with Gasteiger partial charge in [0.15, 0.2) is 0 Å². The maximum Gasteiger partial charge on any atom is 0 e. The van der Waals surface area contributed by atoms with Crippen LogP contribution in [-0.4, -0.2) is 0 Å². The van der Waals surface area contributed by atoms with Crippen LogP contribution in [0.25, 0.3) is 0 Å². The molecule has 0 rings (SSSR count). The summed E-state index contributed by atoms with van der Waals surface area (Å²) in [7, 11) is 0. The zero-order valence-electron chi connectivity index (χ0n) is 9.62. The fourth-order valence-corrected chi connectivity index (χ4v) is 1.52. The Balaban J connectivity index is 0. The van der Waals surface area contributed by atoms with Gasteiger partial charge < -0.3 is 6.42 Å². The van der Waals surface area contributed by atoms with Crippen molar-refractivity contribution < 1.29 is 0 Å². The Kier molecular flexibility index (Phi) is 10.2. The van der Waals surface area contributed by atoms with Crippen LogP contribution < -0.4 is 0 Å². The number of hydrogen-bond acceptors (Lipinski definition) is 0. The van der Waals surface area contributed by atoms with Crippen molar-refractivity contribution in [3.63, 3.8) is 0 Å². The fourth-order valence-electron chi connectivity index (χ4n) is 1.52. The van der Waals surface area contributed by atoms with Crippen molar-refractivity contribution in [2.45, 2.75) is 59.8 Å². The molecule has 0 amide bonds. The van der Waals surface area contributed by atoms with E-state index in [1.54, 1.807) is 0 Å². The van der Waals surface area contributed by atoms with E-state index in [1.807, 2.05) is 0 Å². The molecule has 0 bridgehead atoms. The van der Waals surface area contributed by atoms with Gasteiger partial charge in [0.1, 0.15) is 0 Å². The first-order chi connectivity index (χ1) is 5.72. The van der Waals surface area contributed by atoms with Crippen molar-refractivity contribution in [3.8, 4) is 0 Å². The van der Waals surface area contributed by atoms with Gasteiger partial charge in [-0.05, 0) is 11.8 Å². The summed E-state index contributed by atoms with van der Waals surface area (Å²) in [5.74, 6) is 1.83. The second-order valence-corrected chi connectivity index (χ2v) is 4.08. The van der Waals surface area contributed by atoms with Gasteiger partial charge in [0, 0.05) is 0 Å². The van der Waals surface area contributed by atoms with Crippen molar-refractivity contribution in [1.29, 1.82) is 0 Å². The van der Waals surface area contributed by atoms with Crippen molar-refractivity contribution in [1.82, 2.24) is 0 Å². The van der Waals surface area contributed by atoms with E-state index < -0.39 is 0 Å². The molecule has 0 fully saturated rings. The van der Waals surface area contributed by atoms with Gasteiger partial charge in [-0.15, -0.1) is 0 Å². The van der Waals surface area contributed by atoms with Crippen LogP contribution in [0.5, 0.6) is 0 Å². The summed E-state index contributed by atoms with van der Waals surface area (Å²) in [5, 5.41) is 0. The quantitative estimate of drug-likeness (QED) is 0.538. The molecular formula is C12H25Cm-. The molecule has 0 aromatic heterocycles. The van der Waals surface area contributed by atoms with Gasteiger partial charge >= 0.3 is 0 Å². The monoisotopic (exact) mass is 412 g/mol. The third-order valence-corrected chi connectivity index (χ3v) is 2.90. The molecule has 0 spiro atoms. The van der Waals surface area contributed by atoms with E-state index in [4.69, 9.17) is 0 Å². The van der Waals surface area contributed by atoms with E-state index in [0.29, 0.717) is 0 Å². The Labute approximate surface area is 78.8 Å². The third-order valence-electron chi connectivity index (χ3n) is 2.90. The first-order valence-electron chi connectivity index (χ1n) is 5.50. The van der Waals surface area contributed by atoms with Crippen LogP contribution in [0.15, 0.2) is 0 Å². The van der Waals surface area contributed by atoms with Gasteiger partial charge in [0.2, 0.25) is 0 Å². The summed E-state index contributed by atoms with van der Waals surface area (Å²) in [6.45, 7) is 9.22. The third kappa shape index (κ3) is 7.36. The zero-order chi connectivity index (χ0) is 9.40. The Morgan fingerprint density at radius 1 is 1.08 bits per heavy atom. The fraction of sp³-hybridized carbons (Fsp3) is 0.917. The second-order valence-electron chi connectivity index (χ2n) is 4.08. The molecule has 2 atom stereocenters. The van der Waals surface area contributed by atoms with Crippen molar-refractivity contribution in [2.24, 2.45) is 11.8 Å². The zero-order valence-corrected chi connectivity index (χ0v) is 12.6. The topological polar surface area (TPSA) is 0 Å². The predicted molar refractivity (Wildman–Crippen MR) is 57.1 cm³/mol. The first-order valence-corrected chi connectivity index (χ1v) is 5.50. The minimum absolute atomic E-state index is 0. The molecule has 0 radical (unpaired) electrons. The molecule has 1 heteroatoms. The van der Waals surface area contributed by atoms with Crippen LogP contribution in [0.2, 0.25) is 0 Å². The molecular weight excluding hydrogens is 391 g/mol. The molecule has 13 heavy (non-hydrogen) atoms. The molecule has 0 N–H and O–H groups in total. The van der Waals surface area contributed by atoms with Crippen molar-refractivity contribution >= 4 is 0 Å². The summed E-state index contributed by atoms with van der Waals surface area (Å²) < 4.78 is 0. The number of rotatable bonds is 7. The largest absolute Gasteiger partial charge is 0.331 e. The number of hydrogen-bond donors (Lipinski definition) is 0. The Morgan fingerprint density at radius 3 is 2.08 bits per heavy atom. The van der Waals surface area contributed by atoms with E-state index in [9.17, 15) is 0 Å². The SMILES string of the molecule is C[CH-]CCC(C)C(C)CCCC.[Cm]. The first kappa shape index (κ1) is 14.5. The van der Waals surface area contributed by atoms with Crippen LogP contribution in [-0.2, 0) is 0 Å². The minimum atomic E-state index is 0. The molecule has 0 aromatic carbocycles.